The number of nitrogen functional groups attached to an aromatic ring is 2. The first-order valence-electron chi connectivity index (χ1n) is 9.28. The van der Waals surface area contributed by atoms with Crippen LogP contribution >= 0.6 is 0 Å². The SMILES string of the molecule is Cc1ccc(N(c2ccc(N)cc2)c2ccc(-c3ccc(N)cc3)cc2)cc1. The zero-order chi connectivity index (χ0) is 19.5. The summed E-state index contributed by atoms with van der Waals surface area (Å²) in [4.78, 5) is 2.23. The van der Waals surface area contributed by atoms with Gasteiger partial charge in [-0.25, -0.2) is 0 Å². The van der Waals surface area contributed by atoms with Gasteiger partial charge in [0, 0.05) is 28.4 Å². The van der Waals surface area contributed by atoms with Crippen molar-refractivity contribution in [2.75, 3.05) is 16.4 Å². The number of nitrogens with zero attached hydrogens (tertiary/aromatic N) is 1. The molecule has 4 N–H and O–H groups in total. The molecule has 0 radical (unpaired) electrons. The summed E-state index contributed by atoms with van der Waals surface area (Å²) in [5, 5.41) is 0. The molecule has 0 unspecified atom stereocenters. The molecule has 3 nitrogen and oxygen atoms in total. The van der Waals surface area contributed by atoms with Crippen molar-refractivity contribution in [1.82, 2.24) is 0 Å². The Kier molecular flexibility index (Phi) is 4.73. The summed E-state index contributed by atoms with van der Waals surface area (Å²) in [7, 11) is 0. The van der Waals surface area contributed by atoms with E-state index in [9.17, 15) is 0 Å². The standard InChI is InChI=1S/C25H23N3/c1-18-2-12-23(13-3-18)28(25-16-10-22(27)11-17-25)24-14-6-20(7-15-24)19-4-8-21(26)9-5-19/h2-17H,26-27H2,1H3. The Hall–Kier alpha value is -3.72. The van der Waals surface area contributed by atoms with Gasteiger partial charge in [0.2, 0.25) is 0 Å². The molecule has 0 spiro atoms. The summed E-state index contributed by atoms with van der Waals surface area (Å²) in [5.74, 6) is 0. The number of hydrogen-bond acceptors (Lipinski definition) is 3. The van der Waals surface area contributed by atoms with Crippen LogP contribution in [-0.4, -0.2) is 0 Å². The van der Waals surface area contributed by atoms with E-state index in [0.717, 1.165) is 39.6 Å². The quantitative estimate of drug-likeness (QED) is 0.417. The average molecular weight is 365 g/mol. The number of aryl methyl sites for hydroxylation is 1. The molecule has 138 valence electrons. The Morgan fingerprint density at radius 1 is 0.464 bits per heavy atom. The van der Waals surface area contributed by atoms with Gasteiger partial charge in [-0.05, 0) is 78.7 Å². The van der Waals surface area contributed by atoms with Crippen LogP contribution in [0.2, 0.25) is 0 Å². The largest absolute Gasteiger partial charge is 0.399 e. The van der Waals surface area contributed by atoms with Crippen LogP contribution in [-0.2, 0) is 0 Å². The molecular formula is C25H23N3. The third-order valence-corrected chi connectivity index (χ3v) is 4.81. The maximum Gasteiger partial charge on any atom is 0.0463 e. The lowest BCUT2D eigenvalue weighted by atomic mass is 10.0. The van der Waals surface area contributed by atoms with Crippen LogP contribution in [0.5, 0.6) is 0 Å². The topological polar surface area (TPSA) is 55.3 Å². The number of benzene rings is 4. The van der Waals surface area contributed by atoms with Gasteiger partial charge < -0.3 is 16.4 Å². The highest BCUT2D eigenvalue weighted by molar-refractivity contribution is 5.79. The van der Waals surface area contributed by atoms with E-state index in [0.29, 0.717) is 0 Å². The minimum atomic E-state index is 0.756. The van der Waals surface area contributed by atoms with Gasteiger partial charge in [-0.1, -0.05) is 42.0 Å². The fraction of sp³-hybridized carbons (Fsp3) is 0.0400. The van der Waals surface area contributed by atoms with Gasteiger partial charge in [0.05, 0.1) is 0 Å². The van der Waals surface area contributed by atoms with Crippen LogP contribution in [0.3, 0.4) is 0 Å². The van der Waals surface area contributed by atoms with Gasteiger partial charge in [-0.2, -0.15) is 0 Å². The summed E-state index contributed by atoms with van der Waals surface area (Å²) >= 11 is 0. The molecule has 0 amide bonds. The van der Waals surface area contributed by atoms with Crippen molar-refractivity contribution in [3.05, 3.63) is 103 Å². The average Bonchev–Trinajstić information content (AvgIpc) is 2.72. The van der Waals surface area contributed by atoms with Gasteiger partial charge in [-0.3, -0.25) is 0 Å². The zero-order valence-corrected chi connectivity index (χ0v) is 15.8. The Morgan fingerprint density at radius 2 is 0.786 bits per heavy atom. The van der Waals surface area contributed by atoms with E-state index in [2.05, 4.69) is 60.4 Å². The number of nitrogens with two attached hydrogens (primary N) is 2. The highest BCUT2D eigenvalue weighted by atomic mass is 15.1. The Balaban J connectivity index is 1.74. The van der Waals surface area contributed by atoms with E-state index in [1.165, 1.54) is 5.56 Å². The minimum absolute atomic E-state index is 0.756. The summed E-state index contributed by atoms with van der Waals surface area (Å²) < 4.78 is 0. The maximum atomic E-state index is 5.89. The van der Waals surface area contributed by atoms with E-state index in [4.69, 9.17) is 11.5 Å². The summed E-state index contributed by atoms with van der Waals surface area (Å²) in [5.41, 5.74) is 20.0. The lowest BCUT2D eigenvalue weighted by Crippen LogP contribution is -2.09. The third kappa shape index (κ3) is 3.69. The van der Waals surface area contributed by atoms with Crippen LogP contribution in [0.1, 0.15) is 5.56 Å². The molecule has 0 aliphatic heterocycles. The lowest BCUT2D eigenvalue weighted by Gasteiger charge is -2.26. The molecule has 0 bridgehead atoms. The summed E-state index contributed by atoms with van der Waals surface area (Å²) in [6, 6.07) is 33.0. The van der Waals surface area contributed by atoms with E-state index in [1.807, 2.05) is 48.5 Å². The van der Waals surface area contributed by atoms with Crippen molar-refractivity contribution in [1.29, 1.82) is 0 Å². The molecule has 0 fully saturated rings. The highest BCUT2D eigenvalue weighted by Gasteiger charge is 2.12. The second kappa shape index (κ2) is 7.49. The molecular weight excluding hydrogens is 342 g/mol. The van der Waals surface area contributed by atoms with Crippen LogP contribution in [0.15, 0.2) is 97.1 Å². The van der Waals surface area contributed by atoms with Crippen LogP contribution < -0.4 is 16.4 Å². The van der Waals surface area contributed by atoms with Crippen molar-refractivity contribution in [2.24, 2.45) is 0 Å². The molecule has 4 aromatic rings. The van der Waals surface area contributed by atoms with Crippen molar-refractivity contribution < 1.29 is 0 Å². The van der Waals surface area contributed by atoms with E-state index < -0.39 is 0 Å². The third-order valence-electron chi connectivity index (χ3n) is 4.81. The first-order valence-corrected chi connectivity index (χ1v) is 9.28. The molecule has 28 heavy (non-hydrogen) atoms. The van der Waals surface area contributed by atoms with Gasteiger partial charge in [0.15, 0.2) is 0 Å². The van der Waals surface area contributed by atoms with E-state index in [1.54, 1.807) is 0 Å². The fourth-order valence-electron chi connectivity index (χ4n) is 3.24. The van der Waals surface area contributed by atoms with Crippen LogP contribution in [0.25, 0.3) is 11.1 Å². The molecule has 0 saturated heterocycles. The smallest absolute Gasteiger partial charge is 0.0463 e. The molecule has 4 rings (SSSR count). The molecule has 0 heterocycles. The van der Waals surface area contributed by atoms with Crippen molar-refractivity contribution >= 4 is 28.4 Å². The minimum Gasteiger partial charge on any atom is -0.399 e. The number of anilines is 5. The highest BCUT2D eigenvalue weighted by Crippen LogP contribution is 2.36. The van der Waals surface area contributed by atoms with Crippen molar-refractivity contribution in [2.45, 2.75) is 6.92 Å². The number of rotatable bonds is 4. The molecule has 0 atom stereocenters. The van der Waals surface area contributed by atoms with Crippen LogP contribution in [0.4, 0.5) is 28.4 Å². The van der Waals surface area contributed by atoms with Gasteiger partial charge >= 0.3 is 0 Å². The lowest BCUT2D eigenvalue weighted by molar-refractivity contribution is 1.28. The number of hydrogen-bond donors (Lipinski definition) is 2. The van der Waals surface area contributed by atoms with Crippen molar-refractivity contribution in [3.8, 4) is 11.1 Å². The van der Waals surface area contributed by atoms with E-state index in [-0.39, 0.29) is 0 Å². The molecule has 0 aliphatic carbocycles. The zero-order valence-electron chi connectivity index (χ0n) is 15.8. The summed E-state index contributed by atoms with van der Waals surface area (Å²) in [6.45, 7) is 2.10. The predicted octanol–water partition coefficient (Wildman–Crippen LogP) is 6.30. The van der Waals surface area contributed by atoms with Crippen molar-refractivity contribution in [3.63, 3.8) is 0 Å². The summed E-state index contributed by atoms with van der Waals surface area (Å²) in [6.07, 6.45) is 0. The monoisotopic (exact) mass is 365 g/mol. The van der Waals surface area contributed by atoms with E-state index >= 15 is 0 Å². The van der Waals surface area contributed by atoms with Gasteiger partial charge in [0.1, 0.15) is 0 Å². The maximum absolute atomic E-state index is 5.89. The van der Waals surface area contributed by atoms with Gasteiger partial charge in [-0.15, -0.1) is 0 Å². The Morgan fingerprint density at radius 3 is 1.25 bits per heavy atom. The normalized spacial score (nSPS) is 10.6. The molecule has 0 aliphatic rings. The molecule has 0 aromatic heterocycles. The predicted molar refractivity (Wildman–Crippen MR) is 120 cm³/mol. The second-order valence-electron chi connectivity index (χ2n) is 6.93. The Bertz CT molecular complexity index is 1000. The molecule has 0 saturated carbocycles. The molecule has 4 aromatic carbocycles. The fourth-order valence-corrected chi connectivity index (χ4v) is 3.24. The molecule has 3 heteroatoms. The first-order chi connectivity index (χ1) is 13.6. The van der Waals surface area contributed by atoms with Gasteiger partial charge in [0.25, 0.3) is 0 Å². The Labute approximate surface area is 165 Å². The van der Waals surface area contributed by atoms with Crippen LogP contribution in [0, 0.1) is 6.92 Å². The second-order valence-corrected chi connectivity index (χ2v) is 6.93. The first kappa shape index (κ1) is 17.7.